The molecule has 0 aromatic carbocycles. The Hall–Kier alpha value is -0.130. The van der Waals surface area contributed by atoms with Gasteiger partial charge in [0.2, 0.25) is 10.0 Å². The Morgan fingerprint density at radius 1 is 1.22 bits per heavy atom. The van der Waals surface area contributed by atoms with Crippen molar-refractivity contribution in [1.82, 2.24) is 4.72 Å². The molecule has 0 aliphatic rings. The van der Waals surface area contributed by atoms with E-state index in [9.17, 15) is 8.42 Å². The second kappa shape index (κ2) is 8.12. The van der Waals surface area contributed by atoms with Crippen LogP contribution in [0.25, 0.3) is 0 Å². The van der Waals surface area contributed by atoms with Gasteiger partial charge in [0.25, 0.3) is 0 Å². The molecule has 0 amide bonds. The summed E-state index contributed by atoms with van der Waals surface area (Å²) >= 11 is 0. The van der Waals surface area contributed by atoms with Crippen molar-refractivity contribution in [2.75, 3.05) is 18.8 Å². The summed E-state index contributed by atoms with van der Waals surface area (Å²) in [4.78, 5) is 0. The van der Waals surface area contributed by atoms with Gasteiger partial charge in [-0.2, -0.15) is 0 Å². The first-order chi connectivity index (χ1) is 8.20. The predicted octanol–water partition coefficient (Wildman–Crippen LogP) is 2.11. The molecule has 0 aliphatic carbocycles. The molecule has 0 aromatic heterocycles. The molecule has 1 atom stereocenters. The Bertz CT molecular complexity index is 301. The van der Waals surface area contributed by atoms with Crippen LogP contribution < -0.4 is 10.5 Å². The van der Waals surface area contributed by atoms with Gasteiger partial charge in [-0.25, -0.2) is 13.1 Å². The van der Waals surface area contributed by atoms with Crippen LogP contribution in [0.4, 0.5) is 0 Å². The number of sulfonamides is 1. The first kappa shape index (κ1) is 17.9. The minimum Gasteiger partial charge on any atom is -0.330 e. The van der Waals surface area contributed by atoms with E-state index in [1.54, 1.807) is 0 Å². The molecule has 1 unspecified atom stereocenters. The van der Waals surface area contributed by atoms with Crippen molar-refractivity contribution in [3.8, 4) is 0 Å². The summed E-state index contributed by atoms with van der Waals surface area (Å²) in [6, 6.07) is 0. The number of rotatable bonds is 9. The summed E-state index contributed by atoms with van der Waals surface area (Å²) in [5, 5.41) is 0. The molecule has 0 aliphatic heterocycles. The maximum atomic E-state index is 11.8. The van der Waals surface area contributed by atoms with Gasteiger partial charge in [0.15, 0.2) is 0 Å². The minimum absolute atomic E-state index is 0.0504. The fourth-order valence-electron chi connectivity index (χ4n) is 1.75. The minimum atomic E-state index is -3.14. The zero-order valence-corrected chi connectivity index (χ0v) is 13.1. The average Bonchev–Trinajstić information content (AvgIpc) is 2.23. The molecule has 0 saturated carbocycles. The van der Waals surface area contributed by atoms with Crippen molar-refractivity contribution in [3.05, 3.63) is 0 Å². The zero-order valence-electron chi connectivity index (χ0n) is 12.3. The highest BCUT2D eigenvalue weighted by Gasteiger charge is 2.18. The van der Waals surface area contributed by atoms with E-state index in [-0.39, 0.29) is 11.2 Å². The Balaban J connectivity index is 4.15. The predicted molar refractivity (Wildman–Crippen MR) is 77.9 cm³/mol. The van der Waals surface area contributed by atoms with Crippen molar-refractivity contribution in [1.29, 1.82) is 0 Å². The zero-order chi connectivity index (χ0) is 14.2. The van der Waals surface area contributed by atoms with Gasteiger partial charge in [-0.15, -0.1) is 0 Å². The van der Waals surface area contributed by atoms with Gasteiger partial charge >= 0.3 is 0 Å². The van der Waals surface area contributed by atoms with E-state index in [1.807, 2.05) is 0 Å². The second-order valence-electron chi connectivity index (χ2n) is 6.21. The molecular weight excluding hydrogens is 248 g/mol. The van der Waals surface area contributed by atoms with Crippen LogP contribution in [0.15, 0.2) is 0 Å². The van der Waals surface area contributed by atoms with Gasteiger partial charge < -0.3 is 5.73 Å². The molecule has 0 aromatic rings. The first-order valence-corrected chi connectivity index (χ1v) is 8.53. The third kappa shape index (κ3) is 9.85. The lowest BCUT2D eigenvalue weighted by Crippen LogP contribution is -2.33. The van der Waals surface area contributed by atoms with E-state index in [1.165, 1.54) is 0 Å². The van der Waals surface area contributed by atoms with E-state index < -0.39 is 10.0 Å². The highest BCUT2D eigenvalue weighted by Crippen LogP contribution is 2.19. The molecule has 0 heterocycles. The van der Waals surface area contributed by atoms with Gasteiger partial charge in [-0.3, -0.25) is 0 Å². The van der Waals surface area contributed by atoms with Gasteiger partial charge in [0.1, 0.15) is 0 Å². The SMILES string of the molecule is CCCC(CCN)CNS(=O)(=O)CCC(C)(C)C. The molecule has 0 radical (unpaired) electrons. The van der Waals surface area contributed by atoms with Crippen LogP contribution in [-0.4, -0.2) is 27.3 Å². The third-order valence-corrected chi connectivity index (χ3v) is 4.33. The molecule has 18 heavy (non-hydrogen) atoms. The monoisotopic (exact) mass is 278 g/mol. The highest BCUT2D eigenvalue weighted by atomic mass is 32.2. The largest absolute Gasteiger partial charge is 0.330 e. The highest BCUT2D eigenvalue weighted by molar-refractivity contribution is 7.89. The third-order valence-electron chi connectivity index (χ3n) is 2.98. The van der Waals surface area contributed by atoms with Crippen LogP contribution in [-0.2, 0) is 10.0 Å². The summed E-state index contributed by atoms with van der Waals surface area (Å²) < 4.78 is 26.4. The number of nitrogens with two attached hydrogens (primary N) is 1. The second-order valence-corrected chi connectivity index (χ2v) is 8.14. The van der Waals surface area contributed by atoms with Crippen molar-refractivity contribution in [2.45, 2.75) is 53.4 Å². The fourth-order valence-corrected chi connectivity index (χ4v) is 3.27. The quantitative estimate of drug-likeness (QED) is 0.678. The van der Waals surface area contributed by atoms with Gasteiger partial charge in [-0.05, 0) is 37.1 Å². The molecule has 0 bridgehead atoms. The Labute approximate surface area is 113 Å². The van der Waals surface area contributed by atoms with E-state index in [2.05, 4.69) is 32.4 Å². The first-order valence-electron chi connectivity index (χ1n) is 6.87. The van der Waals surface area contributed by atoms with E-state index in [0.717, 1.165) is 19.3 Å². The van der Waals surface area contributed by atoms with E-state index in [0.29, 0.717) is 25.4 Å². The topological polar surface area (TPSA) is 72.2 Å². The molecule has 0 rings (SSSR count). The van der Waals surface area contributed by atoms with Crippen LogP contribution in [0, 0.1) is 11.3 Å². The summed E-state index contributed by atoms with van der Waals surface area (Å²) in [5.41, 5.74) is 5.59. The van der Waals surface area contributed by atoms with Crippen LogP contribution in [0.2, 0.25) is 0 Å². The van der Waals surface area contributed by atoms with Gasteiger partial charge in [-0.1, -0.05) is 34.1 Å². The molecule has 4 nitrogen and oxygen atoms in total. The van der Waals surface area contributed by atoms with Crippen molar-refractivity contribution in [3.63, 3.8) is 0 Å². The van der Waals surface area contributed by atoms with Crippen molar-refractivity contribution in [2.24, 2.45) is 17.1 Å². The van der Waals surface area contributed by atoms with E-state index >= 15 is 0 Å². The number of hydrogen-bond donors (Lipinski definition) is 2. The summed E-state index contributed by atoms with van der Waals surface area (Å²) in [6.07, 6.45) is 3.65. The molecule has 0 spiro atoms. The van der Waals surface area contributed by atoms with Crippen molar-refractivity contribution >= 4 is 10.0 Å². The average molecular weight is 278 g/mol. The lowest BCUT2D eigenvalue weighted by Gasteiger charge is -2.19. The van der Waals surface area contributed by atoms with Crippen molar-refractivity contribution < 1.29 is 8.42 Å². The molecule has 5 heteroatoms. The van der Waals surface area contributed by atoms with Crippen LogP contribution in [0.5, 0.6) is 0 Å². The Kier molecular flexibility index (Phi) is 8.06. The van der Waals surface area contributed by atoms with Gasteiger partial charge in [0, 0.05) is 6.54 Å². The fraction of sp³-hybridized carbons (Fsp3) is 1.00. The normalized spacial score (nSPS) is 14.7. The molecule has 0 saturated heterocycles. The summed E-state index contributed by atoms with van der Waals surface area (Å²) in [5.74, 6) is 0.572. The molecule has 0 fully saturated rings. The lowest BCUT2D eigenvalue weighted by molar-refractivity contribution is 0.394. The molecular formula is C13H30N2O2S. The Morgan fingerprint density at radius 3 is 2.28 bits per heavy atom. The van der Waals surface area contributed by atoms with Crippen LogP contribution in [0.1, 0.15) is 53.4 Å². The maximum Gasteiger partial charge on any atom is 0.211 e. The Morgan fingerprint density at radius 2 is 1.83 bits per heavy atom. The smallest absolute Gasteiger partial charge is 0.211 e. The van der Waals surface area contributed by atoms with Crippen LogP contribution >= 0.6 is 0 Å². The number of nitrogens with one attached hydrogen (secondary N) is 1. The number of hydrogen-bond acceptors (Lipinski definition) is 3. The standard InChI is InChI=1S/C13H30N2O2S/c1-5-6-12(7-9-14)11-15-18(16,17)10-8-13(2,3)4/h12,15H,5-11,14H2,1-4H3. The molecule has 110 valence electrons. The molecule has 3 N–H and O–H groups in total. The summed E-state index contributed by atoms with van der Waals surface area (Å²) in [7, 11) is -3.14. The van der Waals surface area contributed by atoms with E-state index in [4.69, 9.17) is 5.73 Å². The lowest BCUT2D eigenvalue weighted by atomic mass is 9.94. The van der Waals surface area contributed by atoms with Crippen LogP contribution in [0.3, 0.4) is 0 Å². The maximum absolute atomic E-state index is 11.8. The van der Waals surface area contributed by atoms with Gasteiger partial charge in [0.05, 0.1) is 5.75 Å². The summed E-state index contributed by atoms with van der Waals surface area (Å²) in [6.45, 7) is 9.41.